The highest BCUT2D eigenvalue weighted by atomic mass is 16.3. The van der Waals surface area contributed by atoms with E-state index in [-0.39, 0.29) is 5.91 Å². The van der Waals surface area contributed by atoms with E-state index in [4.69, 9.17) is 0 Å². The Labute approximate surface area is 152 Å². The van der Waals surface area contributed by atoms with Crippen molar-refractivity contribution < 1.29 is 9.90 Å². The van der Waals surface area contributed by atoms with Gasteiger partial charge in [0.05, 0.1) is 17.5 Å². The van der Waals surface area contributed by atoms with Gasteiger partial charge in [-0.15, -0.1) is 0 Å². The van der Waals surface area contributed by atoms with Gasteiger partial charge in [-0.2, -0.15) is 5.10 Å². The number of benzene rings is 1. The molecule has 1 aliphatic heterocycles. The first-order valence-electron chi connectivity index (χ1n) is 8.57. The van der Waals surface area contributed by atoms with Crippen molar-refractivity contribution in [3.05, 3.63) is 54.0 Å². The minimum atomic E-state index is -0.436. The third kappa shape index (κ3) is 3.65. The molecule has 6 heteroatoms. The minimum Gasteiger partial charge on any atom is -0.391 e. The number of imidazole rings is 1. The molecular formula is C20H22N4O2. The van der Waals surface area contributed by atoms with Crippen molar-refractivity contribution in [1.29, 1.82) is 0 Å². The Morgan fingerprint density at radius 2 is 2.12 bits per heavy atom. The molecule has 3 rings (SSSR count). The van der Waals surface area contributed by atoms with Crippen LogP contribution in [0.3, 0.4) is 0 Å². The molecule has 0 bridgehead atoms. The van der Waals surface area contributed by atoms with E-state index in [1.54, 1.807) is 15.7 Å². The number of allylic oxidation sites excluding steroid dienone is 1. The van der Waals surface area contributed by atoms with Crippen LogP contribution in [-0.4, -0.2) is 51.5 Å². The van der Waals surface area contributed by atoms with Crippen LogP contribution in [0, 0.1) is 0 Å². The predicted molar refractivity (Wildman–Crippen MR) is 104 cm³/mol. The van der Waals surface area contributed by atoms with Crippen LogP contribution >= 0.6 is 0 Å². The van der Waals surface area contributed by atoms with Crippen LogP contribution in [0.5, 0.6) is 0 Å². The largest absolute Gasteiger partial charge is 0.391 e. The summed E-state index contributed by atoms with van der Waals surface area (Å²) in [7, 11) is 0. The Bertz CT molecular complexity index is 852. The van der Waals surface area contributed by atoms with Crippen LogP contribution in [-0.2, 0) is 4.79 Å². The second-order valence-electron chi connectivity index (χ2n) is 6.08. The molecule has 2 aromatic rings. The molecular weight excluding hydrogens is 328 g/mol. The maximum absolute atomic E-state index is 12.4. The van der Waals surface area contributed by atoms with Crippen molar-refractivity contribution in [2.75, 3.05) is 13.1 Å². The quantitative estimate of drug-likeness (QED) is 0.666. The summed E-state index contributed by atoms with van der Waals surface area (Å²) in [6, 6.07) is 9.75. The number of likely N-dealkylation sites (tertiary alicyclic amines) is 1. The SMILES string of the molecule is C=Nn1c(/C=C\C)nc(-c2ccccc2)c1/C=C/C(=O)N1CCC(O)C1. The van der Waals surface area contributed by atoms with Gasteiger partial charge in [-0.25, -0.2) is 9.66 Å². The smallest absolute Gasteiger partial charge is 0.246 e. The monoisotopic (exact) mass is 350 g/mol. The molecule has 26 heavy (non-hydrogen) atoms. The number of aliphatic hydroxyl groups is 1. The first-order valence-corrected chi connectivity index (χ1v) is 8.57. The molecule has 1 atom stereocenters. The average Bonchev–Trinajstić information content (AvgIpc) is 3.24. The highest BCUT2D eigenvalue weighted by molar-refractivity contribution is 5.93. The third-order valence-corrected chi connectivity index (χ3v) is 4.28. The summed E-state index contributed by atoms with van der Waals surface area (Å²) in [6.45, 7) is 6.48. The minimum absolute atomic E-state index is 0.134. The maximum Gasteiger partial charge on any atom is 0.246 e. The summed E-state index contributed by atoms with van der Waals surface area (Å²) < 4.78 is 1.62. The zero-order chi connectivity index (χ0) is 18.5. The number of nitrogens with zero attached hydrogens (tertiary/aromatic N) is 4. The van der Waals surface area contributed by atoms with Gasteiger partial charge >= 0.3 is 0 Å². The lowest BCUT2D eigenvalue weighted by Crippen LogP contribution is -2.27. The first-order chi connectivity index (χ1) is 12.6. The second-order valence-corrected chi connectivity index (χ2v) is 6.08. The zero-order valence-corrected chi connectivity index (χ0v) is 14.7. The fourth-order valence-electron chi connectivity index (χ4n) is 3.00. The molecule has 6 nitrogen and oxygen atoms in total. The summed E-state index contributed by atoms with van der Waals surface area (Å²) >= 11 is 0. The van der Waals surface area contributed by atoms with Crippen molar-refractivity contribution >= 4 is 24.8 Å². The normalized spacial score (nSPS) is 17.5. The second kappa shape index (κ2) is 7.93. The van der Waals surface area contributed by atoms with E-state index < -0.39 is 6.10 Å². The van der Waals surface area contributed by atoms with Crippen LogP contribution in [0.25, 0.3) is 23.4 Å². The van der Waals surface area contributed by atoms with E-state index in [0.29, 0.717) is 31.0 Å². The van der Waals surface area contributed by atoms with Crippen molar-refractivity contribution in [1.82, 2.24) is 14.6 Å². The number of hydrogen-bond acceptors (Lipinski definition) is 4. The lowest BCUT2D eigenvalue weighted by Gasteiger charge is -2.12. The summed E-state index contributed by atoms with van der Waals surface area (Å²) in [4.78, 5) is 18.7. The lowest BCUT2D eigenvalue weighted by molar-refractivity contribution is -0.125. The summed E-state index contributed by atoms with van der Waals surface area (Å²) in [5, 5.41) is 13.7. The predicted octanol–water partition coefficient (Wildman–Crippen LogP) is 2.65. The molecule has 134 valence electrons. The molecule has 1 N–H and O–H groups in total. The van der Waals surface area contributed by atoms with Gasteiger partial charge in [-0.05, 0) is 25.5 Å². The molecule has 1 unspecified atom stereocenters. The van der Waals surface area contributed by atoms with E-state index in [9.17, 15) is 9.90 Å². The van der Waals surface area contributed by atoms with Crippen molar-refractivity contribution in [2.45, 2.75) is 19.4 Å². The molecule has 1 fully saturated rings. The summed E-state index contributed by atoms with van der Waals surface area (Å²) in [6.07, 6.45) is 7.12. The molecule has 0 saturated carbocycles. The highest BCUT2D eigenvalue weighted by Crippen LogP contribution is 2.26. The highest BCUT2D eigenvalue weighted by Gasteiger charge is 2.23. The van der Waals surface area contributed by atoms with Crippen molar-refractivity contribution in [3.8, 4) is 11.3 Å². The molecule has 0 spiro atoms. The third-order valence-electron chi connectivity index (χ3n) is 4.28. The number of amides is 1. The van der Waals surface area contributed by atoms with Gasteiger partial charge in [-0.3, -0.25) is 4.79 Å². The lowest BCUT2D eigenvalue weighted by atomic mass is 10.1. The van der Waals surface area contributed by atoms with Crippen LogP contribution in [0.1, 0.15) is 24.9 Å². The van der Waals surface area contributed by atoms with Gasteiger partial charge in [-0.1, -0.05) is 36.4 Å². The van der Waals surface area contributed by atoms with Crippen LogP contribution < -0.4 is 0 Å². The van der Waals surface area contributed by atoms with E-state index in [2.05, 4.69) is 16.8 Å². The van der Waals surface area contributed by atoms with Gasteiger partial charge in [0, 0.05) is 31.4 Å². The van der Waals surface area contributed by atoms with Crippen molar-refractivity contribution in [3.63, 3.8) is 0 Å². The Balaban J connectivity index is 2.00. The van der Waals surface area contributed by atoms with Gasteiger partial charge in [0.2, 0.25) is 5.91 Å². The van der Waals surface area contributed by atoms with Crippen LogP contribution in [0.4, 0.5) is 0 Å². The first kappa shape index (κ1) is 17.8. The molecule has 1 aromatic carbocycles. The number of β-amino-alcohol motifs (C(OH)–C–C–N with tert-alkyl or cyclic N) is 1. The Hall–Kier alpha value is -2.99. The molecule has 1 aromatic heterocycles. The molecule has 0 aliphatic carbocycles. The van der Waals surface area contributed by atoms with Gasteiger partial charge in [0.1, 0.15) is 0 Å². The van der Waals surface area contributed by atoms with Gasteiger partial charge < -0.3 is 10.0 Å². The van der Waals surface area contributed by atoms with Crippen molar-refractivity contribution in [2.24, 2.45) is 5.10 Å². The average molecular weight is 350 g/mol. The number of aliphatic hydroxyl groups excluding tert-OH is 1. The molecule has 1 saturated heterocycles. The molecule has 1 amide bonds. The molecule has 0 radical (unpaired) electrons. The van der Waals surface area contributed by atoms with Gasteiger partial charge in [0.25, 0.3) is 0 Å². The fourth-order valence-corrected chi connectivity index (χ4v) is 3.00. The topological polar surface area (TPSA) is 70.7 Å². The van der Waals surface area contributed by atoms with Crippen LogP contribution in [0.15, 0.2) is 47.6 Å². The number of rotatable bonds is 5. The maximum atomic E-state index is 12.4. The number of carbonyl (C=O) groups is 1. The summed E-state index contributed by atoms with van der Waals surface area (Å²) in [5.74, 6) is 0.509. The Morgan fingerprint density at radius 1 is 1.35 bits per heavy atom. The zero-order valence-electron chi connectivity index (χ0n) is 14.7. The van der Waals surface area contributed by atoms with E-state index in [0.717, 1.165) is 11.3 Å². The number of carbonyl (C=O) groups excluding carboxylic acids is 1. The number of aromatic nitrogens is 2. The Morgan fingerprint density at radius 3 is 2.73 bits per heavy atom. The van der Waals surface area contributed by atoms with Crippen LogP contribution in [0.2, 0.25) is 0 Å². The fraction of sp³-hybridized carbons (Fsp3) is 0.250. The van der Waals surface area contributed by atoms with Gasteiger partial charge in [0.15, 0.2) is 5.82 Å². The molecule has 1 aliphatic rings. The molecule has 2 heterocycles. The standard InChI is InChI=1S/C20H22N4O2/c1-3-7-18-22-20(15-8-5-4-6-9-15)17(24(18)21-2)10-11-19(26)23-13-12-16(25)14-23/h3-11,16,25H,2,12-14H2,1H3/b7-3-,11-10+. The Kier molecular flexibility index (Phi) is 5.43. The van der Waals surface area contributed by atoms with E-state index in [1.165, 1.54) is 6.08 Å². The van der Waals surface area contributed by atoms with E-state index in [1.807, 2.05) is 49.4 Å². The number of hydrogen-bond donors (Lipinski definition) is 1. The summed E-state index contributed by atoms with van der Waals surface area (Å²) in [5.41, 5.74) is 2.35. The van der Waals surface area contributed by atoms with E-state index >= 15 is 0 Å².